The quantitative estimate of drug-likeness (QED) is 0.796. The number of hydrogen-bond acceptors (Lipinski definition) is 5. The highest BCUT2D eigenvalue weighted by Crippen LogP contribution is 2.19. The van der Waals surface area contributed by atoms with E-state index in [0.717, 1.165) is 12.8 Å². The van der Waals surface area contributed by atoms with Crippen LogP contribution in [0.4, 0.5) is 5.69 Å². The number of esters is 1. The Morgan fingerprint density at radius 1 is 1.57 bits per heavy atom. The van der Waals surface area contributed by atoms with E-state index < -0.39 is 16.2 Å². The van der Waals surface area contributed by atoms with Gasteiger partial charge in [0, 0.05) is 19.3 Å². The molecule has 0 aromatic carbocycles. The average molecular weight is 316 g/mol. The number of nitrogens with zero attached hydrogens (tertiary/aromatic N) is 3. The van der Waals surface area contributed by atoms with Gasteiger partial charge in [-0.1, -0.05) is 6.92 Å². The SMILES string of the molecule is COC(=O)Cn1cc(NS(=O)(=O)N2CCCC(C)C2)cn1. The molecule has 0 saturated carbocycles. The Kier molecular flexibility index (Phi) is 4.84. The first-order valence-electron chi connectivity index (χ1n) is 6.78. The Hall–Kier alpha value is -1.61. The monoisotopic (exact) mass is 316 g/mol. The molecule has 0 aliphatic carbocycles. The number of nitrogens with one attached hydrogen (secondary N) is 1. The van der Waals surface area contributed by atoms with Crippen LogP contribution in [0.1, 0.15) is 19.8 Å². The first kappa shape index (κ1) is 15.8. The van der Waals surface area contributed by atoms with Crippen molar-refractivity contribution in [1.82, 2.24) is 14.1 Å². The minimum Gasteiger partial charge on any atom is -0.468 e. The maximum Gasteiger partial charge on any atom is 0.327 e. The molecular formula is C12H20N4O4S. The molecule has 21 heavy (non-hydrogen) atoms. The summed E-state index contributed by atoms with van der Waals surface area (Å²) in [6, 6.07) is 0. The van der Waals surface area contributed by atoms with Crippen LogP contribution >= 0.6 is 0 Å². The molecule has 1 fully saturated rings. The number of hydrogen-bond donors (Lipinski definition) is 1. The van der Waals surface area contributed by atoms with Crippen LogP contribution < -0.4 is 4.72 Å². The van der Waals surface area contributed by atoms with Crippen LogP contribution in [0.2, 0.25) is 0 Å². The minimum absolute atomic E-state index is 0.0566. The molecule has 1 aromatic heterocycles. The zero-order valence-corrected chi connectivity index (χ0v) is 13.0. The summed E-state index contributed by atoms with van der Waals surface area (Å²) in [6.45, 7) is 3.02. The van der Waals surface area contributed by atoms with E-state index in [4.69, 9.17) is 0 Å². The number of piperidine rings is 1. The fraction of sp³-hybridized carbons (Fsp3) is 0.667. The lowest BCUT2D eigenvalue weighted by molar-refractivity contribution is -0.141. The number of carbonyl (C=O) groups is 1. The molecule has 1 N–H and O–H groups in total. The number of anilines is 1. The molecule has 0 bridgehead atoms. The summed E-state index contributed by atoms with van der Waals surface area (Å²) < 4.78 is 34.3. The molecule has 0 spiro atoms. The smallest absolute Gasteiger partial charge is 0.327 e. The van der Waals surface area contributed by atoms with Crippen molar-refractivity contribution in [3.63, 3.8) is 0 Å². The summed E-state index contributed by atoms with van der Waals surface area (Å²) in [7, 11) is -2.29. The van der Waals surface area contributed by atoms with E-state index in [1.165, 1.54) is 28.5 Å². The van der Waals surface area contributed by atoms with E-state index in [9.17, 15) is 13.2 Å². The predicted octanol–water partition coefficient (Wildman–Crippen LogP) is 0.445. The Bertz CT molecular complexity index is 598. The van der Waals surface area contributed by atoms with E-state index in [1.54, 1.807) is 0 Å². The van der Waals surface area contributed by atoms with E-state index in [1.807, 2.05) is 6.92 Å². The van der Waals surface area contributed by atoms with Crippen LogP contribution in [0.25, 0.3) is 0 Å². The highest BCUT2D eigenvalue weighted by Gasteiger charge is 2.27. The summed E-state index contributed by atoms with van der Waals surface area (Å²) in [4.78, 5) is 11.1. The number of carbonyl (C=O) groups excluding carboxylic acids is 1. The van der Waals surface area contributed by atoms with Crippen LogP contribution in [0.3, 0.4) is 0 Å². The molecule has 0 amide bonds. The van der Waals surface area contributed by atoms with Crippen molar-refractivity contribution in [3.05, 3.63) is 12.4 Å². The molecule has 9 heteroatoms. The van der Waals surface area contributed by atoms with Crippen molar-refractivity contribution in [2.24, 2.45) is 5.92 Å². The van der Waals surface area contributed by atoms with Gasteiger partial charge in [-0.15, -0.1) is 0 Å². The second-order valence-corrected chi connectivity index (χ2v) is 6.89. The Morgan fingerprint density at radius 2 is 2.33 bits per heavy atom. The second-order valence-electron chi connectivity index (χ2n) is 5.22. The van der Waals surface area contributed by atoms with Crippen LogP contribution in [-0.4, -0.2) is 48.7 Å². The van der Waals surface area contributed by atoms with Gasteiger partial charge in [0.15, 0.2) is 0 Å². The number of ether oxygens (including phenoxy) is 1. The van der Waals surface area contributed by atoms with Gasteiger partial charge in [0.2, 0.25) is 0 Å². The van der Waals surface area contributed by atoms with Gasteiger partial charge in [-0.3, -0.25) is 14.2 Å². The van der Waals surface area contributed by atoms with Crippen molar-refractivity contribution in [2.45, 2.75) is 26.3 Å². The lowest BCUT2D eigenvalue weighted by atomic mass is 10.0. The molecular weight excluding hydrogens is 296 g/mol. The molecule has 0 radical (unpaired) electrons. The largest absolute Gasteiger partial charge is 0.468 e. The molecule has 8 nitrogen and oxygen atoms in total. The third kappa shape index (κ3) is 4.18. The summed E-state index contributed by atoms with van der Waals surface area (Å²) in [6.07, 6.45) is 4.74. The third-order valence-corrected chi connectivity index (χ3v) is 4.86. The van der Waals surface area contributed by atoms with Gasteiger partial charge in [0.25, 0.3) is 0 Å². The summed E-state index contributed by atoms with van der Waals surface area (Å²) in [5, 5.41) is 3.92. The molecule has 2 rings (SSSR count). The van der Waals surface area contributed by atoms with E-state index in [2.05, 4.69) is 14.6 Å². The van der Waals surface area contributed by atoms with Crippen molar-refractivity contribution < 1.29 is 17.9 Å². The van der Waals surface area contributed by atoms with Gasteiger partial charge >= 0.3 is 16.2 Å². The molecule has 1 saturated heterocycles. The zero-order chi connectivity index (χ0) is 15.5. The topological polar surface area (TPSA) is 93.5 Å². The van der Waals surface area contributed by atoms with Crippen LogP contribution in [0.15, 0.2) is 12.4 Å². The summed E-state index contributed by atoms with van der Waals surface area (Å²) in [5.74, 6) is -0.0882. The summed E-state index contributed by atoms with van der Waals surface area (Å²) >= 11 is 0. The fourth-order valence-corrected chi connectivity index (χ4v) is 3.63. The zero-order valence-electron chi connectivity index (χ0n) is 12.2. The molecule has 1 unspecified atom stereocenters. The van der Waals surface area contributed by atoms with Crippen LogP contribution in [0.5, 0.6) is 0 Å². The molecule has 118 valence electrons. The molecule has 1 atom stereocenters. The molecule has 1 aromatic rings. The Labute approximate surface area is 124 Å². The number of methoxy groups -OCH3 is 1. The van der Waals surface area contributed by atoms with Crippen LogP contribution in [0, 0.1) is 5.92 Å². The van der Waals surface area contributed by atoms with Gasteiger partial charge in [0.05, 0.1) is 19.0 Å². The number of rotatable bonds is 5. The maximum absolute atomic E-state index is 12.3. The van der Waals surface area contributed by atoms with E-state index in [0.29, 0.717) is 24.7 Å². The van der Waals surface area contributed by atoms with Gasteiger partial charge in [-0.2, -0.15) is 17.8 Å². The van der Waals surface area contributed by atoms with Crippen molar-refractivity contribution in [3.8, 4) is 0 Å². The molecule has 2 heterocycles. The lowest BCUT2D eigenvalue weighted by Crippen LogP contribution is -2.42. The van der Waals surface area contributed by atoms with Gasteiger partial charge < -0.3 is 4.74 Å². The van der Waals surface area contributed by atoms with Crippen molar-refractivity contribution in [2.75, 3.05) is 24.9 Å². The van der Waals surface area contributed by atoms with Crippen LogP contribution in [-0.2, 0) is 26.3 Å². The first-order valence-corrected chi connectivity index (χ1v) is 8.22. The maximum atomic E-state index is 12.3. The highest BCUT2D eigenvalue weighted by molar-refractivity contribution is 7.90. The Balaban J connectivity index is 2.01. The number of aromatic nitrogens is 2. The van der Waals surface area contributed by atoms with E-state index in [-0.39, 0.29) is 6.54 Å². The average Bonchev–Trinajstić information content (AvgIpc) is 2.85. The normalized spacial score (nSPS) is 20.2. The molecule has 1 aliphatic rings. The third-order valence-electron chi connectivity index (χ3n) is 3.36. The highest BCUT2D eigenvalue weighted by atomic mass is 32.2. The predicted molar refractivity (Wildman–Crippen MR) is 76.8 cm³/mol. The van der Waals surface area contributed by atoms with Crippen molar-refractivity contribution >= 4 is 21.9 Å². The lowest BCUT2D eigenvalue weighted by Gasteiger charge is -2.29. The second kappa shape index (κ2) is 6.44. The summed E-state index contributed by atoms with van der Waals surface area (Å²) in [5.41, 5.74) is 0.331. The minimum atomic E-state index is -3.58. The van der Waals surface area contributed by atoms with Crippen molar-refractivity contribution in [1.29, 1.82) is 0 Å². The molecule has 1 aliphatic heterocycles. The standard InChI is InChI=1S/C12H20N4O4S/c1-10-4-3-5-16(7-10)21(18,19)14-11-6-13-15(8-11)9-12(17)20-2/h6,8,10,14H,3-5,7,9H2,1-2H3. The first-order chi connectivity index (χ1) is 9.90. The fourth-order valence-electron chi connectivity index (χ4n) is 2.28. The van der Waals surface area contributed by atoms with Gasteiger partial charge in [-0.05, 0) is 18.8 Å². The van der Waals surface area contributed by atoms with Gasteiger partial charge in [-0.25, -0.2) is 0 Å². The Morgan fingerprint density at radius 3 is 3.00 bits per heavy atom. The van der Waals surface area contributed by atoms with Gasteiger partial charge in [0.1, 0.15) is 6.54 Å². The van der Waals surface area contributed by atoms with E-state index >= 15 is 0 Å².